The average molecular weight is 243 g/mol. The predicted molar refractivity (Wildman–Crippen MR) is 66.8 cm³/mol. The van der Waals surface area contributed by atoms with E-state index in [9.17, 15) is 0 Å². The SMILES string of the molecule is CCC(NC)c1nnc(CCC(C)OC)s1. The minimum atomic E-state index is 0.290. The van der Waals surface area contributed by atoms with E-state index >= 15 is 0 Å². The fraction of sp³-hybridized carbons (Fsp3) is 0.818. The van der Waals surface area contributed by atoms with E-state index in [1.165, 1.54) is 0 Å². The van der Waals surface area contributed by atoms with Crippen molar-refractivity contribution in [3.8, 4) is 0 Å². The van der Waals surface area contributed by atoms with Crippen molar-refractivity contribution in [3.05, 3.63) is 10.0 Å². The second kappa shape index (κ2) is 6.93. The Balaban J connectivity index is 2.51. The minimum Gasteiger partial charge on any atom is -0.382 e. The fourth-order valence-electron chi connectivity index (χ4n) is 1.46. The van der Waals surface area contributed by atoms with Crippen LogP contribution in [-0.2, 0) is 11.2 Å². The van der Waals surface area contributed by atoms with Gasteiger partial charge in [-0.05, 0) is 26.8 Å². The number of hydrogen-bond acceptors (Lipinski definition) is 5. The molecule has 0 aliphatic rings. The van der Waals surface area contributed by atoms with Crippen molar-refractivity contribution in [1.82, 2.24) is 15.5 Å². The predicted octanol–water partition coefficient (Wildman–Crippen LogP) is 2.18. The first kappa shape index (κ1) is 13.5. The van der Waals surface area contributed by atoms with E-state index in [0.29, 0.717) is 12.1 Å². The van der Waals surface area contributed by atoms with E-state index in [1.54, 1.807) is 18.4 Å². The number of nitrogens with one attached hydrogen (secondary N) is 1. The number of methoxy groups -OCH3 is 1. The standard InChI is InChI=1S/C11H21N3OS/c1-5-9(12-3)11-14-13-10(16-11)7-6-8(2)15-4/h8-9,12H,5-7H2,1-4H3. The van der Waals surface area contributed by atoms with Crippen LogP contribution in [0.15, 0.2) is 0 Å². The van der Waals surface area contributed by atoms with Crippen molar-refractivity contribution >= 4 is 11.3 Å². The molecule has 5 heteroatoms. The molecule has 0 radical (unpaired) electrons. The second-order valence-corrected chi connectivity index (χ2v) is 4.96. The molecule has 0 saturated carbocycles. The average Bonchev–Trinajstić information content (AvgIpc) is 2.76. The van der Waals surface area contributed by atoms with Crippen LogP contribution in [0.1, 0.15) is 42.7 Å². The van der Waals surface area contributed by atoms with Gasteiger partial charge in [0.2, 0.25) is 0 Å². The molecule has 0 amide bonds. The number of nitrogens with zero attached hydrogens (tertiary/aromatic N) is 2. The molecule has 0 saturated heterocycles. The molecule has 92 valence electrons. The zero-order valence-corrected chi connectivity index (χ0v) is 11.3. The van der Waals surface area contributed by atoms with Crippen LogP contribution in [0.3, 0.4) is 0 Å². The summed E-state index contributed by atoms with van der Waals surface area (Å²) in [4.78, 5) is 0. The normalized spacial score (nSPS) is 15.0. The van der Waals surface area contributed by atoms with Crippen molar-refractivity contribution in [3.63, 3.8) is 0 Å². The van der Waals surface area contributed by atoms with Crippen molar-refractivity contribution in [1.29, 1.82) is 0 Å². The summed E-state index contributed by atoms with van der Waals surface area (Å²) in [6.07, 6.45) is 3.28. The summed E-state index contributed by atoms with van der Waals surface area (Å²) < 4.78 is 5.21. The molecule has 16 heavy (non-hydrogen) atoms. The van der Waals surface area contributed by atoms with Crippen LogP contribution in [0.2, 0.25) is 0 Å². The molecule has 0 aromatic carbocycles. The van der Waals surface area contributed by atoms with Crippen LogP contribution in [0.25, 0.3) is 0 Å². The summed E-state index contributed by atoms with van der Waals surface area (Å²) in [5.41, 5.74) is 0. The third-order valence-electron chi connectivity index (χ3n) is 2.70. The zero-order valence-electron chi connectivity index (χ0n) is 10.5. The van der Waals surface area contributed by atoms with Gasteiger partial charge in [-0.2, -0.15) is 0 Å². The Hall–Kier alpha value is -0.520. The lowest BCUT2D eigenvalue weighted by Crippen LogP contribution is -2.14. The van der Waals surface area contributed by atoms with Crippen molar-refractivity contribution < 1.29 is 4.74 Å². The first-order valence-electron chi connectivity index (χ1n) is 5.73. The molecule has 1 N–H and O–H groups in total. The van der Waals surface area contributed by atoms with Gasteiger partial charge in [-0.3, -0.25) is 0 Å². The molecule has 0 aliphatic carbocycles. The maximum absolute atomic E-state index is 5.21. The van der Waals surface area contributed by atoms with E-state index in [1.807, 2.05) is 7.05 Å². The molecule has 1 rings (SSSR count). The number of aromatic nitrogens is 2. The van der Waals surface area contributed by atoms with Crippen LogP contribution < -0.4 is 5.32 Å². The molecule has 1 aromatic rings. The van der Waals surface area contributed by atoms with E-state index in [0.717, 1.165) is 29.3 Å². The van der Waals surface area contributed by atoms with Crippen LogP contribution in [0.4, 0.5) is 0 Å². The summed E-state index contributed by atoms with van der Waals surface area (Å²) in [5, 5.41) is 13.9. The molecular weight excluding hydrogens is 222 g/mol. The number of ether oxygens (including phenoxy) is 1. The largest absolute Gasteiger partial charge is 0.382 e. The Bertz CT molecular complexity index is 299. The van der Waals surface area contributed by atoms with Gasteiger partial charge in [-0.25, -0.2) is 0 Å². The molecule has 0 spiro atoms. The topological polar surface area (TPSA) is 47.0 Å². The van der Waals surface area contributed by atoms with Gasteiger partial charge in [-0.15, -0.1) is 10.2 Å². The minimum absolute atomic E-state index is 0.290. The van der Waals surface area contributed by atoms with Gasteiger partial charge in [0.1, 0.15) is 10.0 Å². The van der Waals surface area contributed by atoms with Gasteiger partial charge in [0.05, 0.1) is 12.1 Å². The van der Waals surface area contributed by atoms with Gasteiger partial charge in [0, 0.05) is 13.5 Å². The van der Waals surface area contributed by atoms with Gasteiger partial charge in [0.25, 0.3) is 0 Å². The Kier molecular flexibility index (Phi) is 5.87. The third kappa shape index (κ3) is 3.81. The highest BCUT2D eigenvalue weighted by atomic mass is 32.1. The van der Waals surface area contributed by atoms with Crippen molar-refractivity contribution in [2.24, 2.45) is 0 Å². The first-order chi connectivity index (χ1) is 7.71. The fourth-order valence-corrected chi connectivity index (χ4v) is 2.51. The highest BCUT2D eigenvalue weighted by molar-refractivity contribution is 7.11. The zero-order chi connectivity index (χ0) is 12.0. The van der Waals surface area contributed by atoms with E-state index in [4.69, 9.17) is 4.74 Å². The van der Waals surface area contributed by atoms with Crippen LogP contribution in [0.5, 0.6) is 0 Å². The van der Waals surface area contributed by atoms with Gasteiger partial charge in [0.15, 0.2) is 0 Å². The molecule has 0 fully saturated rings. The van der Waals surface area contributed by atoms with Crippen molar-refractivity contribution in [2.75, 3.05) is 14.2 Å². The van der Waals surface area contributed by atoms with Gasteiger partial charge in [-0.1, -0.05) is 18.3 Å². The van der Waals surface area contributed by atoms with E-state index in [2.05, 4.69) is 29.4 Å². The second-order valence-electron chi connectivity index (χ2n) is 3.87. The van der Waals surface area contributed by atoms with Crippen molar-refractivity contribution in [2.45, 2.75) is 45.3 Å². The van der Waals surface area contributed by atoms with Gasteiger partial charge < -0.3 is 10.1 Å². The monoisotopic (exact) mass is 243 g/mol. The molecule has 2 atom stereocenters. The smallest absolute Gasteiger partial charge is 0.134 e. The lowest BCUT2D eigenvalue weighted by atomic mass is 10.2. The van der Waals surface area contributed by atoms with Gasteiger partial charge >= 0.3 is 0 Å². The highest BCUT2D eigenvalue weighted by Crippen LogP contribution is 2.21. The summed E-state index contributed by atoms with van der Waals surface area (Å²) in [5.74, 6) is 0. The highest BCUT2D eigenvalue weighted by Gasteiger charge is 2.13. The van der Waals surface area contributed by atoms with Crippen LogP contribution in [0, 0.1) is 0 Å². The Morgan fingerprint density at radius 3 is 2.75 bits per heavy atom. The van der Waals surface area contributed by atoms with E-state index in [-0.39, 0.29) is 0 Å². The summed E-state index contributed by atoms with van der Waals surface area (Å²) in [6.45, 7) is 4.22. The molecular formula is C11H21N3OS. The number of rotatable bonds is 7. The molecule has 1 heterocycles. The summed E-state index contributed by atoms with van der Waals surface area (Å²) in [6, 6.07) is 0.339. The third-order valence-corrected chi connectivity index (χ3v) is 3.80. The quantitative estimate of drug-likeness (QED) is 0.797. The van der Waals surface area contributed by atoms with E-state index < -0.39 is 0 Å². The lowest BCUT2D eigenvalue weighted by Gasteiger charge is -2.08. The molecule has 2 unspecified atom stereocenters. The van der Waals surface area contributed by atoms with Crippen LogP contribution >= 0.6 is 11.3 Å². The lowest BCUT2D eigenvalue weighted by molar-refractivity contribution is 0.111. The maximum Gasteiger partial charge on any atom is 0.134 e. The maximum atomic E-state index is 5.21. The first-order valence-corrected chi connectivity index (χ1v) is 6.55. The summed E-state index contributed by atoms with van der Waals surface area (Å²) >= 11 is 1.70. The molecule has 0 bridgehead atoms. The molecule has 1 aromatic heterocycles. The number of aryl methyl sites for hydroxylation is 1. The Labute approximate surface area is 101 Å². The Morgan fingerprint density at radius 1 is 1.44 bits per heavy atom. The Morgan fingerprint density at radius 2 is 2.19 bits per heavy atom. The number of hydrogen-bond donors (Lipinski definition) is 1. The molecule has 0 aliphatic heterocycles. The van der Waals surface area contributed by atoms with Crippen LogP contribution in [-0.4, -0.2) is 30.5 Å². The summed E-state index contributed by atoms with van der Waals surface area (Å²) in [7, 11) is 3.70. The molecule has 4 nitrogen and oxygen atoms in total.